The highest BCUT2D eigenvalue weighted by Crippen LogP contribution is 2.55. The topological polar surface area (TPSA) is 139 Å². The fraction of sp³-hybridized carbons (Fsp3) is 0.474. The number of benzene rings is 1. The summed E-state index contributed by atoms with van der Waals surface area (Å²) in [6.45, 7) is 3.11. The molecule has 1 aromatic rings. The molecule has 2 saturated heterocycles. The van der Waals surface area contributed by atoms with E-state index in [-0.39, 0.29) is 0 Å². The molecular weight excluding hydrogens is 455 g/mol. The Hall–Kier alpha value is -2.80. The normalized spacial score (nSPS) is 27.2. The smallest absolute Gasteiger partial charge is 0.416 e. The molecule has 2 aliphatic rings. The maximum atomic E-state index is 13.3. The molecule has 3 rings (SSSR count). The fourth-order valence-electron chi connectivity index (χ4n) is 4.01. The monoisotopic (exact) mass is 475 g/mol. The quantitative estimate of drug-likeness (QED) is 0.324. The summed E-state index contributed by atoms with van der Waals surface area (Å²) in [6.07, 6.45) is -4.79. The number of esters is 1. The molecule has 1 aromatic carbocycles. The lowest BCUT2D eigenvalue weighted by atomic mass is 9.83. The van der Waals surface area contributed by atoms with E-state index in [4.69, 9.17) is 5.73 Å². The van der Waals surface area contributed by atoms with Crippen LogP contribution in [0.5, 0.6) is 0 Å². The van der Waals surface area contributed by atoms with Gasteiger partial charge in [0, 0.05) is 4.75 Å². The Morgan fingerprint density at radius 2 is 1.88 bits per heavy atom. The van der Waals surface area contributed by atoms with Gasteiger partial charge in [0.15, 0.2) is 0 Å². The van der Waals surface area contributed by atoms with Crippen molar-refractivity contribution in [1.82, 2.24) is 10.2 Å². The highest BCUT2D eigenvalue weighted by atomic mass is 32.2. The van der Waals surface area contributed by atoms with Gasteiger partial charge in [-0.1, -0.05) is 18.2 Å². The molecule has 2 amide bonds. The number of nitrogens with one attached hydrogen (secondary N) is 1. The summed E-state index contributed by atoms with van der Waals surface area (Å²) in [4.78, 5) is 51.1. The van der Waals surface area contributed by atoms with E-state index in [1.54, 1.807) is 13.8 Å². The van der Waals surface area contributed by atoms with Gasteiger partial charge in [0.1, 0.15) is 17.5 Å². The van der Waals surface area contributed by atoms with Gasteiger partial charge in [-0.2, -0.15) is 13.2 Å². The minimum atomic E-state index is -4.79. The van der Waals surface area contributed by atoms with E-state index in [1.807, 2.05) is 0 Å². The number of halogens is 3. The molecule has 0 aromatic heterocycles. The first-order valence-electron chi connectivity index (χ1n) is 9.25. The summed E-state index contributed by atoms with van der Waals surface area (Å²) < 4.78 is 43.6. The molecule has 0 aliphatic carbocycles. The maximum absolute atomic E-state index is 13.3. The van der Waals surface area contributed by atoms with Crippen LogP contribution in [0, 0.1) is 0 Å². The zero-order chi connectivity index (χ0) is 24.2. The van der Waals surface area contributed by atoms with Crippen molar-refractivity contribution in [3.8, 4) is 0 Å². The molecular formula is C19H20F3N3O6S. The van der Waals surface area contributed by atoms with Gasteiger partial charge in [0.25, 0.3) is 5.91 Å². The van der Waals surface area contributed by atoms with Gasteiger partial charge < -0.3 is 25.8 Å². The number of hydrogen-bond acceptors (Lipinski definition) is 7. The third-order valence-corrected chi connectivity index (χ3v) is 7.13. The number of nitrogens with zero attached hydrogens (tertiary/aromatic N) is 1. The minimum Gasteiger partial charge on any atom is -0.480 e. The molecule has 9 nitrogen and oxygen atoms in total. The Morgan fingerprint density at radius 3 is 2.41 bits per heavy atom. The Balaban J connectivity index is 1.97. The predicted molar refractivity (Wildman–Crippen MR) is 105 cm³/mol. The second-order valence-corrected chi connectivity index (χ2v) is 9.61. The average Bonchev–Trinajstić information content (AvgIpc) is 2.98. The van der Waals surface area contributed by atoms with E-state index >= 15 is 0 Å². The number of hydrogen-bond donors (Lipinski definition) is 3. The third-order valence-electron chi connectivity index (χ3n) is 5.49. The van der Waals surface area contributed by atoms with Gasteiger partial charge in [-0.05, 0) is 25.5 Å². The number of ether oxygens (including phenoxy) is 1. The number of aliphatic carboxylic acids is 1. The number of carboxylic acids is 1. The standard InChI is InChI=1S/C19H20F3N3O6S/c1-17(2)11(13(27)28)25-14(29)18(15(25)32-17,16(30)31-3)24-12(26)10(23)8-6-4-5-7-9(8)19(20,21)22/h4-7,10-11,15H,23H2,1-3H3,(H,24,26)(H,27,28)/t10?,11-,15+,18?/m0/s1. The number of β-lactam (4-membered cyclic amide) rings is 1. The van der Waals surface area contributed by atoms with E-state index in [0.29, 0.717) is 0 Å². The van der Waals surface area contributed by atoms with Crippen LogP contribution in [-0.2, 0) is 30.1 Å². The Bertz CT molecular complexity index is 1000. The molecule has 0 radical (unpaired) electrons. The van der Waals surface area contributed by atoms with Crippen LogP contribution in [0.3, 0.4) is 0 Å². The summed E-state index contributed by atoms with van der Waals surface area (Å²) in [6, 6.07) is 0.993. The van der Waals surface area contributed by atoms with Crippen LogP contribution in [0.2, 0.25) is 0 Å². The summed E-state index contributed by atoms with van der Waals surface area (Å²) >= 11 is 0.953. The van der Waals surface area contributed by atoms with Crippen molar-refractivity contribution < 1.29 is 42.2 Å². The van der Waals surface area contributed by atoms with Gasteiger partial charge in [0.2, 0.25) is 11.4 Å². The lowest BCUT2D eigenvalue weighted by Gasteiger charge is -2.50. The zero-order valence-electron chi connectivity index (χ0n) is 17.1. The van der Waals surface area contributed by atoms with Gasteiger partial charge in [-0.25, -0.2) is 9.59 Å². The van der Waals surface area contributed by atoms with Gasteiger partial charge in [-0.3, -0.25) is 9.59 Å². The van der Waals surface area contributed by atoms with E-state index in [2.05, 4.69) is 10.1 Å². The first-order chi connectivity index (χ1) is 14.7. The van der Waals surface area contributed by atoms with Gasteiger partial charge in [0.05, 0.1) is 12.7 Å². The average molecular weight is 475 g/mol. The molecule has 2 aliphatic heterocycles. The number of nitrogens with two attached hydrogens (primary N) is 1. The molecule has 4 N–H and O–H groups in total. The predicted octanol–water partition coefficient (Wildman–Crippen LogP) is 0.880. The number of methoxy groups -OCH3 is 1. The van der Waals surface area contributed by atoms with Crippen molar-refractivity contribution in [3.05, 3.63) is 35.4 Å². The lowest BCUT2D eigenvalue weighted by molar-refractivity contribution is -0.180. The molecule has 4 atom stereocenters. The SMILES string of the molecule is COC(=O)C1(NC(=O)C(N)c2ccccc2C(F)(F)F)C(=O)N2[C@@H](C(=O)O)C(C)(C)S[C@@H]21. The third kappa shape index (κ3) is 3.39. The van der Waals surface area contributed by atoms with E-state index in [1.165, 1.54) is 6.07 Å². The highest BCUT2D eigenvalue weighted by Gasteiger charge is 2.76. The molecule has 2 unspecified atom stereocenters. The van der Waals surface area contributed by atoms with Crippen LogP contribution in [-0.4, -0.2) is 62.6 Å². The van der Waals surface area contributed by atoms with Crippen LogP contribution >= 0.6 is 11.8 Å². The summed E-state index contributed by atoms with van der Waals surface area (Å²) in [5, 5.41) is 10.6. The fourth-order valence-corrected chi connectivity index (χ4v) is 5.70. The first kappa shape index (κ1) is 23.9. The molecule has 0 spiro atoms. The number of amides is 2. The van der Waals surface area contributed by atoms with Crippen LogP contribution in [0.15, 0.2) is 24.3 Å². The van der Waals surface area contributed by atoms with E-state index < -0.39 is 68.8 Å². The number of rotatable bonds is 5. The molecule has 0 saturated carbocycles. The van der Waals surface area contributed by atoms with Crippen LogP contribution < -0.4 is 11.1 Å². The van der Waals surface area contributed by atoms with Crippen LogP contribution in [0.4, 0.5) is 13.2 Å². The Kier molecular flexibility index (Phi) is 5.71. The number of carbonyl (C=O) groups is 4. The van der Waals surface area contributed by atoms with E-state index in [0.717, 1.165) is 42.0 Å². The second kappa shape index (κ2) is 7.66. The molecule has 13 heteroatoms. The van der Waals surface area contributed by atoms with Gasteiger partial charge >= 0.3 is 18.1 Å². The molecule has 2 fully saturated rings. The molecule has 2 heterocycles. The summed E-state index contributed by atoms with van der Waals surface area (Å²) in [7, 11) is 0.963. The van der Waals surface area contributed by atoms with Crippen molar-refractivity contribution in [2.45, 2.75) is 47.8 Å². The Morgan fingerprint density at radius 1 is 1.28 bits per heavy atom. The van der Waals surface area contributed by atoms with Crippen LogP contribution in [0.25, 0.3) is 0 Å². The van der Waals surface area contributed by atoms with Crippen LogP contribution in [0.1, 0.15) is 31.0 Å². The lowest BCUT2D eigenvalue weighted by Crippen LogP contribution is -2.83. The highest BCUT2D eigenvalue weighted by molar-refractivity contribution is 8.01. The number of carbonyl (C=O) groups excluding carboxylic acids is 3. The number of alkyl halides is 3. The Labute approximate surface area is 184 Å². The summed E-state index contributed by atoms with van der Waals surface area (Å²) in [5.74, 6) is -4.75. The zero-order valence-corrected chi connectivity index (χ0v) is 17.9. The van der Waals surface area contributed by atoms with Crippen molar-refractivity contribution in [1.29, 1.82) is 0 Å². The van der Waals surface area contributed by atoms with Crippen molar-refractivity contribution >= 4 is 35.5 Å². The van der Waals surface area contributed by atoms with Crippen molar-refractivity contribution in [2.75, 3.05) is 7.11 Å². The first-order valence-corrected chi connectivity index (χ1v) is 10.1. The molecule has 0 bridgehead atoms. The minimum absolute atomic E-state index is 0.552. The number of thioether (sulfide) groups is 1. The maximum Gasteiger partial charge on any atom is 0.416 e. The molecule has 32 heavy (non-hydrogen) atoms. The van der Waals surface area contributed by atoms with Crippen molar-refractivity contribution in [3.63, 3.8) is 0 Å². The second-order valence-electron chi connectivity index (χ2n) is 7.88. The summed E-state index contributed by atoms with van der Waals surface area (Å²) in [5.41, 5.74) is 1.78. The number of fused-ring (bicyclic) bond motifs is 1. The largest absolute Gasteiger partial charge is 0.480 e. The van der Waals surface area contributed by atoms with Crippen molar-refractivity contribution in [2.24, 2.45) is 5.73 Å². The molecule has 174 valence electrons. The van der Waals surface area contributed by atoms with E-state index in [9.17, 15) is 37.5 Å². The number of carboxylic acid groups (broad SMARTS) is 1. The van der Waals surface area contributed by atoms with Gasteiger partial charge in [-0.15, -0.1) is 11.8 Å².